The molecule has 0 bridgehead atoms. The number of hydrogen-bond acceptors (Lipinski definition) is 5. The van der Waals surface area contributed by atoms with E-state index >= 15 is 0 Å². The predicted octanol–water partition coefficient (Wildman–Crippen LogP) is 3.59. The molecular weight excluding hydrogens is 388 g/mol. The largest absolute Gasteiger partial charge is 0.461 e. The number of ether oxygens (including phenoxy) is 1. The van der Waals surface area contributed by atoms with E-state index in [9.17, 15) is 13.2 Å². The molecule has 0 aliphatic heterocycles. The van der Waals surface area contributed by atoms with Crippen molar-refractivity contribution in [2.75, 3.05) is 5.75 Å². The van der Waals surface area contributed by atoms with Crippen LogP contribution in [-0.2, 0) is 32.4 Å². The summed E-state index contributed by atoms with van der Waals surface area (Å²) in [6.07, 6.45) is 0.123. The van der Waals surface area contributed by atoms with Crippen LogP contribution < -0.4 is 0 Å². The smallest absolute Gasteiger partial charge is 0.310 e. The second-order valence-corrected chi connectivity index (χ2v) is 9.21. The first-order valence-corrected chi connectivity index (χ1v) is 9.93. The maximum atomic E-state index is 11.8. The van der Waals surface area contributed by atoms with Crippen molar-refractivity contribution in [3.8, 4) is 0 Å². The van der Waals surface area contributed by atoms with Gasteiger partial charge >= 0.3 is 5.97 Å². The van der Waals surface area contributed by atoms with Gasteiger partial charge in [-0.3, -0.25) is 4.79 Å². The summed E-state index contributed by atoms with van der Waals surface area (Å²) in [6, 6.07) is 8.24. The topological polar surface area (TPSA) is 60.4 Å². The van der Waals surface area contributed by atoms with Gasteiger partial charge in [-0.2, -0.15) is 0 Å². The molecular formula is C15H15BrO4S2. The molecule has 0 N–H and O–H groups in total. The summed E-state index contributed by atoms with van der Waals surface area (Å²) in [6.45, 7) is 1.84. The first-order chi connectivity index (χ1) is 10.4. The predicted molar refractivity (Wildman–Crippen MR) is 89.7 cm³/mol. The zero-order chi connectivity index (χ0) is 16.2. The van der Waals surface area contributed by atoms with E-state index < -0.39 is 9.84 Å². The Kier molecular flexibility index (Phi) is 5.77. The lowest BCUT2D eigenvalue weighted by molar-refractivity contribution is -0.144. The Labute approximate surface area is 142 Å². The molecule has 0 fully saturated rings. The number of carbonyl (C=O) groups is 1. The molecule has 1 aromatic heterocycles. The van der Waals surface area contributed by atoms with Gasteiger partial charge in [-0.1, -0.05) is 19.1 Å². The van der Waals surface area contributed by atoms with Crippen LogP contribution in [0.25, 0.3) is 0 Å². The Morgan fingerprint density at radius 3 is 2.45 bits per heavy atom. The van der Waals surface area contributed by atoms with E-state index in [1.807, 2.05) is 11.4 Å². The molecule has 0 unspecified atom stereocenters. The van der Waals surface area contributed by atoms with E-state index in [1.54, 1.807) is 19.1 Å². The molecule has 0 spiro atoms. The molecule has 0 saturated heterocycles. The number of sulfone groups is 1. The molecule has 0 radical (unpaired) electrons. The summed E-state index contributed by atoms with van der Waals surface area (Å²) in [5.41, 5.74) is 1.67. The zero-order valence-electron chi connectivity index (χ0n) is 11.9. The van der Waals surface area contributed by atoms with Gasteiger partial charge in [0, 0.05) is 5.56 Å². The molecule has 0 saturated carbocycles. The molecule has 2 aromatic rings. The third-order valence-electron chi connectivity index (χ3n) is 3.03. The Hall–Kier alpha value is -1.18. The summed E-state index contributed by atoms with van der Waals surface area (Å²) < 4.78 is 29.6. The van der Waals surface area contributed by atoms with E-state index in [0.29, 0.717) is 0 Å². The summed E-state index contributed by atoms with van der Waals surface area (Å²) in [5.74, 6) is -0.279. The highest BCUT2D eigenvalue weighted by Gasteiger charge is 2.12. The lowest BCUT2D eigenvalue weighted by Crippen LogP contribution is -2.08. The average Bonchev–Trinajstić information content (AvgIpc) is 2.91. The normalized spacial score (nSPS) is 11.4. The number of esters is 1. The maximum Gasteiger partial charge on any atom is 0.310 e. The minimum absolute atomic E-state index is 0.0601. The Bertz CT molecular complexity index is 748. The monoisotopic (exact) mass is 402 g/mol. The molecule has 0 atom stereocenters. The quantitative estimate of drug-likeness (QED) is 0.692. The second kappa shape index (κ2) is 7.39. The minimum Gasteiger partial charge on any atom is -0.461 e. The second-order valence-electron chi connectivity index (χ2n) is 4.64. The van der Waals surface area contributed by atoms with Gasteiger partial charge < -0.3 is 4.74 Å². The Morgan fingerprint density at radius 2 is 1.91 bits per heavy atom. The average molecular weight is 403 g/mol. The summed E-state index contributed by atoms with van der Waals surface area (Å²) in [7, 11) is -3.21. The van der Waals surface area contributed by atoms with Gasteiger partial charge in [0.25, 0.3) is 0 Å². The number of hydrogen-bond donors (Lipinski definition) is 0. The lowest BCUT2D eigenvalue weighted by Gasteiger charge is -2.05. The van der Waals surface area contributed by atoms with Crippen LogP contribution in [0.4, 0.5) is 0 Å². The van der Waals surface area contributed by atoms with Crippen molar-refractivity contribution < 1.29 is 17.9 Å². The molecule has 0 aliphatic carbocycles. The SMILES string of the molecule is CCS(=O)(=O)c1ccc(CC(=O)OCc2csc(Br)c2)cc1. The van der Waals surface area contributed by atoms with Gasteiger partial charge in [-0.05, 0) is 45.1 Å². The van der Waals surface area contributed by atoms with Crippen molar-refractivity contribution in [1.82, 2.24) is 0 Å². The molecule has 1 aromatic carbocycles. The van der Waals surface area contributed by atoms with Gasteiger partial charge in [0.2, 0.25) is 0 Å². The molecule has 1 heterocycles. The minimum atomic E-state index is -3.21. The van der Waals surface area contributed by atoms with Crippen molar-refractivity contribution in [1.29, 1.82) is 0 Å². The first-order valence-electron chi connectivity index (χ1n) is 6.61. The van der Waals surface area contributed by atoms with Crippen LogP contribution in [0.15, 0.2) is 44.4 Å². The van der Waals surface area contributed by atoms with Gasteiger partial charge in [0.15, 0.2) is 9.84 Å². The van der Waals surface area contributed by atoms with Crippen molar-refractivity contribution in [2.45, 2.75) is 24.8 Å². The standard InChI is InChI=1S/C15H15BrO4S2/c1-2-22(18,19)13-5-3-11(4-6-13)8-15(17)20-9-12-7-14(16)21-10-12/h3-7,10H,2,8-9H2,1H3. The number of thiophene rings is 1. The van der Waals surface area contributed by atoms with Crippen molar-refractivity contribution in [3.63, 3.8) is 0 Å². The zero-order valence-corrected chi connectivity index (χ0v) is 15.1. The molecule has 0 aliphatic rings. The maximum absolute atomic E-state index is 11.8. The third-order valence-corrected chi connectivity index (χ3v) is 6.34. The first kappa shape index (κ1) is 17.2. The van der Waals surface area contributed by atoms with Crippen LogP contribution in [0.5, 0.6) is 0 Å². The summed E-state index contributed by atoms with van der Waals surface area (Å²) >= 11 is 4.89. The highest BCUT2D eigenvalue weighted by molar-refractivity contribution is 9.11. The van der Waals surface area contributed by atoms with Crippen LogP contribution in [0.1, 0.15) is 18.1 Å². The van der Waals surface area contributed by atoms with Crippen LogP contribution in [-0.4, -0.2) is 20.1 Å². The van der Waals surface area contributed by atoms with Crippen molar-refractivity contribution in [3.05, 3.63) is 50.6 Å². The lowest BCUT2D eigenvalue weighted by atomic mass is 10.1. The number of benzene rings is 1. The van der Waals surface area contributed by atoms with Crippen LogP contribution in [0.3, 0.4) is 0 Å². The third kappa shape index (κ3) is 4.66. The van der Waals surface area contributed by atoms with E-state index in [4.69, 9.17) is 4.74 Å². The fraction of sp³-hybridized carbons (Fsp3) is 0.267. The molecule has 22 heavy (non-hydrogen) atoms. The molecule has 0 amide bonds. The fourth-order valence-electron chi connectivity index (χ4n) is 1.78. The van der Waals surface area contributed by atoms with Crippen molar-refractivity contribution >= 4 is 43.1 Å². The number of carbonyl (C=O) groups excluding carboxylic acids is 1. The number of rotatable bonds is 6. The highest BCUT2D eigenvalue weighted by atomic mass is 79.9. The molecule has 118 valence electrons. The van der Waals surface area contributed by atoms with E-state index in [-0.39, 0.29) is 29.6 Å². The van der Waals surface area contributed by atoms with Crippen LogP contribution >= 0.6 is 27.3 Å². The van der Waals surface area contributed by atoms with Gasteiger partial charge in [0.1, 0.15) is 6.61 Å². The highest BCUT2D eigenvalue weighted by Crippen LogP contribution is 2.21. The summed E-state index contributed by atoms with van der Waals surface area (Å²) in [4.78, 5) is 12.1. The summed E-state index contributed by atoms with van der Waals surface area (Å²) in [5, 5.41) is 1.92. The van der Waals surface area contributed by atoms with Crippen LogP contribution in [0, 0.1) is 0 Å². The van der Waals surface area contributed by atoms with Gasteiger partial charge in [-0.25, -0.2) is 8.42 Å². The van der Waals surface area contributed by atoms with E-state index in [1.165, 1.54) is 23.5 Å². The van der Waals surface area contributed by atoms with E-state index in [2.05, 4.69) is 15.9 Å². The van der Waals surface area contributed by atoms with Gasteiger partial charge in [0.05, 0.1) is 20.9 Å². The molecule has 7 heteroatoms. The van der Waals surface area contributed by atoms with Gasteiger partial charge in [-0.15, -0.1) is 11.3 Å². The molecule has 2 rings (SSSR count). The molecule has 4 nitrogen and oxygen atoms in total. The Balaban J connectivity index is 1.91. The fourth-order valence-corrected chi connectivity index (χ4v) is 3.86. The van der Waals surface area contributed by atoms with E-state index in [0.717, 1.165) is 14.9 Å². The van der Waals surface area contributed by atoms with Crippen LogP contribution in [0.2, 0.25) is 0 Å². The van der Waals surface area contributed by atoms with Crippen molar-refractivity contribution in [2.24, 2.45) is 0 Å². The number of halogens is 1. The Morgan fingerprint density at radius 1 is 1.23 bits per heavy atom.